The van der Waals surface area contributed by atoms with Crippen LogP contribution in [0.1, 0.15) is 6.92 Å². The fourth-order valence-corrected chi connectivity index (χ4v) is 0.968. The highest BCUT2D eigenvalue weighted by atomic mass is 16.5. The lowest BCUT2D eigenvalue weighted by Crippen LogP contribution is -2.54. The Labute approximate surface area is 65.6 Å². The molecule has 0 aromatic rings. The van der Waals surface area contributed by atoms with Crippen LogP contribution >= 0.6 is 0 Å². The minimum absolute atomic E-state index is 0.146. The normalized spacial score (nSPS) is 19.8. The molecule has 2 N–H and O–H groups in total. The topological polar surface area (TPSA) is 58.8 Å². The van der Waals surface area contributed by atoms with Gasteiger partial charge in [-0.25, -0.2) is 11.0 Å². The van der Waals surface area contributed by atoms with Crippen molar-refractivity contribution >= 4 is 5.91 Å². The molecule has 5 heteroatoms. The minimum atomic E-state index is -0.146. The molecule has 1 aliphatic heterocycles. The smallest absolute Gasteiger partial charge is 0.248 e. The lowest BCUT2D eigenvalue weighted by atomic mass is 10.5. The number of nitrogens with zero attached hydrogens (tertiary/aromatic N) is 2. The molecular weight excluding hydrogens is 146 g/mol. The lowest BCUT2D eigenvalue weighted by Gasteiger charge is -2.32. The quantitative estimate of drug-likeness (QED) is 0.301. The lowest BCUT2D eigenvalue weighted by molar-refractivity contribution is -0.155. The van der Waals surface area contributed by atoms with E-state index in [-0.39, 0.29) is 5.91 Å². The Morgan fingerprint density at radius 3 is 2.55 bits per heavy atom. The van der Waals surface area contributed by atoms with Crippen molar-refractivity contribution in [2.24, 2.45) is 5.84 Å². The van der Waals surface area contributed by atoms with Crippen LogP contribution < -0.4 is 5.84 Å². The van der Waals surface area contributed by atoms with Gasteiger partial charge in [-0.2, -0.15) is 5.01 Å². The third-order valence-electron chi connectivity index (χ3n) is 1.61. The average Bonchev–Trinajstić information content (AvgIpc) is 2.05. The molecule has 0 aliphatic carbocycles. The summed E-state index contributed by atoms with van der Waals surface area (Å²) in [5.74, 6) is 5.30. The number of rotatable bonds is 1. The van der Waals surface area contributed by atoms with Crippen LogP contribution in [0.5, 0.6) is 0 Å². The Morgan fingerprint density at radius 2 is 2.09 bits per heavy atom. The van der Waals surface area contributed by atoms with E-state index in [0.717, 1.165) is 5.12 Å². The third kappa shape index (κ3) is 2.14. The molecule has 0 radical (unpaired) electrons. The SMILES string of the molecule is CC(=O)N(N)N1CCOCC1. The number of morpholine rings is 1. The van der Waals surface area contributed by atoms with Gasteiger partial charge in [0.05, 0.1) is 13.2 Å². The van der Waals surface area contributed by atoms with Crippen molar-refractivity contribution in [3.8, 4) is 0 Å². The zero-order chi connectivity index (χ0) is 8.27. The van der Waals surface area contributed by atoms with Crippen molar-refractivity contribution < 1.29 is 9.53 Å². The molecule has 0 spiro atoms. The van der Waals surface area contributed by atoms with Crippen molar-refractivity contribution in [1.82, 2.24) is 10.1 Å². The summed E-state index contributed by atoms with van der Waals surface area (Å²) in [6, 6.07) is 0. The molecule has 0 bridgehead atoms. The summed E-state index contributed by atoms with van der Waals surface area (Å²) in [5.41, 5.74) is 0. The van der Waals surface area contributed by atoms with Gasteiger partial charge in [0.1, 0.15) is 0 Å². The van der Waals surface area contributed by atoms with Crippen molar-refractivity contribution in [2.45, 2.75) is 6.92 Å². The van der Waals surface area contributed by atoms with E-state index in [0.29, 0.717) is 26.3 Å². The van der Waals surface area contributed by atoms with Gasteiger partial charge < -0.3 is 4.74 Å². The van der Waals surface area contributed by atoms with Gasteiger partial charge in [-0.1, -0.05) is 0 Å². The Kier molecular flexibility index (Phi) is 2.81. The van der Waals surface area contributed by atoms with Crippen molar-refractivity contribution in [3.05, 3.63) is 0 Å². The first-order chi connectivity index (χ1) is 5.22. The van der Waals surface area contributed by atoms with Gasteiger partial charge in [0.25, 0.3) is 0 Å². The fraction of sp³-hybridized carbons (Fsp3) is 0.833. The van der Waals surface area contributed by atoms with Gasteiger partial charge in [0.2, 0.25) is 5.91 Å². The van der Waals surface area contributed by atoms with Gasteiger partial charge in [0.15, 0.2) is 0 Å². The second-order valence-electron chi connectivity index (χ2n) is 2.43. The molecular formula is C6H13N3O2. The maximum Gasteiger partial charge on any atom is 0.248 e. The highest BCUT2D eigenvalue weighted by molar-refractivity contribution is 5.71. The fourth-order valence-electron chi connectivity index (χ4n) is 0.968. The van der Waals surface area contributed by atoms with Crippen LogP contribution in [-0.2, 0) is 9.53 Å². The predicted octanol–water partition coefficient (Wildman–Crippen LogP) is -1.04. The first kappa shape index (κ1) is 8.45. The molecule has 0 unspecified atom stereocenters. The van der Waals surface area contributed by atoms with Crippen molar-refractivity contribution in [3.63, 3.8) is 0 Å². The summed E-state index contributed by atoms with van der Waals surface area (Å²) in [5, 5.41) is 2.91. The molecule has 0 aromatic carbocycles. The van der Waals surface area contributed by atoms with Crippen LogP contribution in [0.3, 0.4) is 0 Å². The monoisotopic (exact) mass is 159 g/mol. The molecule has 0 aromatic heterocycles. The van der Waals surface area contributed by atoms with Crippen LogP contribution in [-0.4, -0.2) is 42.3 Å². The zero-order valence-electron chi connectivity index (χ0n) is 6.62. The first-order valence-corrected chi connectivity index (χ1v) is 3.60. The molecule has 5 nitrogen and oxygen atoms in total. The Bertz CT molecular complexity index is 145. The standard InChI is InChI=1S/C6H13N3O2/c1-6(10)9(7)8-2-4-11-5-3-8/h2-5,7H2,1H3. The maximum atomic E-state index is 10.8. The molecule has 1 saturated heterocycles. The Morgan fingerprint density at radius 1 is 1.55 bits per heavy atom. The van der Waals surface area contributed by atoms with Gasteiger partial charge in [-0.05, 0) is 0 Å². The molecule has 0 saturated carbocycles. The van der Waals surface area contributed by atoms with E-state index >= 15 is 0 Å². The van der Waals surface area contributed by atoms with E-state index in [2.05, 4.69) is 0 Å². The average molecular weight is 159 g/mol. The first-order valence-electron chi connectivity index (χ1n) is 3.60. The zero-order valence-corrected chi connectivity index (χ0v) is 6.62. The molecule has 64 valence electrons. The van der Waals surface area contributed by atoms with Gasteiger partial charge >= 0.3 is 0 Å². The molecule has 1 fully saturated rings. The number of amides is 1. The van der Waals surface area contributed by atoms with Crippen LogP contribution in [0.2, 0.25) is 0 Å². The number of ether oxygens (including phenoxy) is 1. The number of nitrogens with two attached hydrogens (primary N) is 1. The molecule has 0 atom stereocenters. The second-order valence-corrected chi connectivity index (χ2v) is 2.43. The highest BCUT2D eigenvalue weighted by Gasteiger charge is 2.16. The number of carbonyl (C=O) groups is 1. The molecule has 1 heterocycles. The summed E-state index contributed by atoms with van der Waals surface area (Å²) in [6.45, 7) is 4.10. The summed E-state index contributed by atoms with van der Waals surface area (Å²) in [4.78, 5) is 10.8. The molecule has 1 amide bonds. The largest absolute Gasteiger partial charge is 0.379 e. The Balaban J connectivity index is 2.38. The summed E-state index contributed by atoms with van der Waals surface area (Å²) >= 11 is 0. The van der Waals surface area contributed by atoms with E-state index in [1.165, 1.54) is 6.92 Å². The van der Waals surface area contributed by atoms with E-state index in [9.17, 15) is 4.79 Å². The molecule has 1 aliphatic rings. The van der Waals surface area contributed by atoms with Crippen LogP contribution in [0.25, 0.3) is 0 Å². The van der Waals surface area contributed by atoms with E-state index in [1.807, 2.05) is 0 Å². The van der Waals surface area contributed by atoms with E-state index < -0.39 is 0 Å². The highest BCUT2D eigenvalue weighted by Crippen LogP contribution is 1.98. The minimum Gasteiger partial charge on any atom is -0.379 e. The van der Waals surface area contributed by atoms with Crippen LogP contribution in [0.4, 0.5) is 0 Å². The van der Waals surface area contributed by atoms with Gasteiger partial charge in [-0.15, -0.1) is 0 Å². The predicted molar refractivity (Wildman–Crippen MR) is 39.1 cm³/mol. The van der Waals surface area contributed by atoms with Crippen LogP contribution in [0, 0.1) is 0 Å². The summed E-state index contributed by atoms with van der Waals surface area (Å²) in [7, 11) is 0. The van der Waals surface area contributed by atoms with Gasteiger partial charge in [0, 0.05) is 20.0 Å². The van der Waals surface area contributed by atoms with Gasteiger partial charge in [-0.3, -0.25) is 4.79 Å². The summed E-state index contributed by atoms with van der Waals surface area (Å²) < 4.78 is 5.09. The number of hydrogen-bond donors (Lipinski definition) is 1. The van der Waals surface area contributed by atoms with Crippen molar-refractivity contribution in [2.75, 3.05) is 26.3 Å². The molecule has 11 heavy (non-hydrogen) atoms. The van der Waals surface area contributed by atoms with Crippen molar-refractivity contribution in [1.29, 1.82) is 0 Å². The number of hydrazine groups is 2. The second kappa shape index (κ2) is 3.66. The number of hydrogen-bond acceptors (Lipinski definition) is 4. The third-order valence-corrected chi connectivity index (χ3v) is 1.61. The van der Waals surface area contributed by atoms with E-state index in [1.54, 1.807) is 5.01 Å². The Hall–Kier alpha value is -0.650. The maximum absolute atomic E-state index is 10.8. The number of carbonyl (C=O) groups excluding carboxylic acids is 1. The van der Waals surface area contributed by atoms with Crippen LogP contribution in [0.15, 0.2) is 0 Å². The van der Waals surface area contributed by atoms with E-state index in [4.69, 9.17) is 10.6 Å². The molecule has 1 rings (SSSR count). The summed E-state index contributed by atoms with van der Waals surface area (Å²) in [6.07, 6.45) is 0.